The number of ether oxygens (including phenoxy) is 1. The van der Waals surface area contributed by atoms with Crippen molar-refractivity contribution in [2.75, 3.05) is 0 Å². The molecule has 178 valence electrons. The predicted molar refractivity (Wildman–Crippen MR) is 143 cm³/mol. The first-order valence-electron chi connectivity index (χ1n) is 11.4. The van der Waals surface area contributed by atoms with Gasteiger partial charge in [0.25, 0.3) is 0 Å². The summed E-state index contributed by atoms with van der Waals surface area (Å²) in [5.74, 6) is -0.258. The molecule has 2 heterocycles. The van der Waals surface area contributed by atoms with Gasteiger partial charge < -0.3 is 9.30 Å². The van der Waals surface area contributed by atoms with Crippen molar-refractivity contribution in [3.05, 3.63) is 104 Å². The van der Waals surface area contributed by atoms with Crippen LogP contribution in [-0.2, 0) is 22.5 Å². The van der Waals surface area contributed by atoms with Gasteiger partial charge in [0.15, 0.2) is 0 Å². The zero-order chi connectivity index (χ0) is 24.7. The molecule has 1 saturated heterocycles. The molecule has 1 aliphatic rings. The van der Waals surface area contributed by atoms with Crippen molar-refractivity contribution in [1.29, 1.82) is 0 Å². The molecule has 1 fully saturated rings. The Labute approximate surface area is 220 Å². The molecular weight excluding hydrogens is 572 g/mol. The first-order valence-corrected chi connectivity index (χ1v) is 13.0. The molecule has 0 spiro atoms. The molecule has 1 aromatic heterocycles. The Morgan fingerprint density at radius 1 is 0.971 bits per heavy atom. The van der Waals surface area contributed by atoms with E-state index in [0.29, 0.717) is 6.54 Å². The van der Waals surface area contributed by atoms with E-state index in [1.165, 1.54) is 4.90 Å². The van der Waals surface area contributed by atoms with Crippen molar-refractivity contribution >= 4 is 54.8 Å². The molecule has 5 rings (SSSR count). The Kier molecular flexibility index (Phi) is 6.55. The summed E-state index contributed by atoms with van der Waals surface area (Å²) >= 11 is 7.07. The van der Waals surface area contributed by atoms with Crippen molar-refractivity contribution in [2.24, 2.45) is 0 Å². The van der Waals surface area contributed by atoms with Gasteiger partial charge in [-0.1, -0.05) is 74.3 Å². The summed E-state index contributed by atoms with van der Waals surface area (Å²) in [4.78, 5) is 27.5. The standard InChI is InChI=1S/C28H24Br2N2O3/c1-17-23(15-26(33)32-18(2)27(35-28(32)34)20-6-4-3-5-7-20)24-14-22(30)12-13-25(24)31(17)16-19-8-10-21(29)11-9-19/h3-14,18,27H,15-16H2,1-2H3/t18-,27-/m0/s1. The third kappa shape index (κ3) is 4.55. The second kappa shape index (κ2) is 9.63. The van der Waals surface area contributed by atoms with Crippen molar-refractivity contribution in [3.63, 3.8) is 0 Å². The zero-order valence-corrected chi connectivity index (χ0v) is 22.5. The van der Waals surface area contributed by atoms with Crippen LogP contribution in [0, 0.1) is 6.92 Å². The van der Waals surface area contributed by atoms with Crippen LogP contribution in [0.25, 0.3) is 10.9 Å². The van der Waals surface area contributed by atoms with E-state index in [-0.39, 0.29) is 18.4 Å². The highest BCUT2D eigenvalue weighted by atomic mass is 79.9. The highest BCUT2D eigenvalue weighted by molar-refractivity contribution is 9.10. The Morgan fingerprint density at radius 3 is 2.37 bits per heavy atom. The minimum absolute atomic E-state index is 0.118. The van der Waals surface area contributed by atoms with Crippen molar-refractivity contribution in [3.8, 4) is 0 Å². The fraction of sp³-hybridized carbons (Fsp3) is 0.214. The number of nitrogens with zero attached hydrogens (tertiary/aromatic N) is 2. The summed E-state index contributed by atoms with van der Waals surface area (Å²) in [7, 11) is 0. The highest BCUT2D eigenvalue weighted by Crippen LogP contribution is 2.35. The third-order valence-corrected chi connectivity index (χ3v) is 7.69. The molecule has 1 aliphatic heterocycles. The van der Waals surface area contributed by atoms with Crippen LogP contribution in [0.1, 0.15) is 35.4 Å². The second-order valence-electron chi connectivity index (χ2n) is 8.83. The van der Waals surface area contributed by atoms with Gasteiger partial charge >= 0.3 is 6.09 Å². The molecule has 2 amide bonds. The number of fused-ring (bicyclic) bond motifs is 1. The number of hydrogen-bond donors (Lipinski definition) is 0. The zero-order valence-electron chi connectivity index (χ0n) is 19.4. The van der Waals surface area contributed by atoms with Gasteiger partial charge in [0.05, 0.1) is 12.5 Å². The van der Waals surface area contributed by atoms with Gasteiger partial charge in [0.1, 0.15) is 6.10 Å². The fourth-order valence-corrected chi connectivity index (χ4v) is 5.47. The van der Waals surface area contributed by atoms with Gasteiger partial charge in [-0.3, -0.25) is 4.79 Å². The summed E-state index contributed by atoms with van der Waals surface area (Å²) in [6.45, 7) is 4.58. The number of benzene rings is 3. The summed E-state index contributed by atoms with van der Waals surface area (Å²) in [6, 6.07) is 23.5. The van der Waals surface area contributed by atoms with Crippen LogP contribution in [0.3, 0.4) is 0 Å². The molecule has 0 bridgehead atoms. The number of cyclic esters (lactones) is 1. The molecule has 35 heavy (non-hydrogen) atoms. The molecule has 0 radical (unpaired) electrons. The van der Waals surface area contributed by atoms with Gasteiger partial charge in [-0.05, 0) is 60.9 Å². The van der Waals surface area contributed by atoms with Crippen LogP contribution >= 0.6 is 31.9 Å². The lowest BCUT2D eigenvalue weighted by molar-refractivity contribution is -0.128. The summed E-state index contributed by atoms with van der Waals surface area (Å²) in [5.41, 5.74) is 5.03. The lowest BCUT2D eigenvalue weighted by Gasteiger charge is -2.19. The highest BCUT2D eigenvalue weighted by Gasteiger charge is 2.43. The third-order valence-electron chi connectivity index (χ3n) is 6.66. The molecule has 0 N–H and O–H groups in total. The lowest BCUT2D eigenvalue weighted by Crippen LogP contribution is -2.38. The minimum atomic E-state index is -0.589. The van der Waals surface area contributed by atoms with Crippen LogP contribution in [0.5, 0.6) is 0 Å². The van der Waals surface area contributed by atoms with E-state index in [2.05, 4.69) is 54.6 Å². The number of carbonyl (C=O) groups excluding carboxylic acids is 2. The number of carbonyl (C=O) groups is 2. The number of aromatic nitrogens is 1. The van der Waals surface area contributed by atoms with Crippen LogP contribution < -0.4 is 0 Å². The molecule has 0 saturated carbocycles. The Morgan fingerprint density at radius 2 is 1.66 bits per heavy atom. The van der Waals surface area contributed by atoms with E-state index >= 15 is 0 Å². The second-order valence-corrected chi connectivity index (χ2v) is 10.7. The largest absolute Gasteiger partial charge is 0.439 e. The van der Waals surface area contributed by atoms with Gasteiger partial charge in [0, 0.05) is 32.1 Å². The van der Waals surface area contributed by atoms with E-state index in [9.17, 15) is 9.59 Å². The average molecular weight is 596 g/mol. The fourth-order valence-electron chi connectivity index (χ4n) is 4.84. The van der Waals surface area contributed by atoms with Crippen LogP contribution in [-0.4, -0.2) is 27.5 Å². The van der Waals surface area contributed by atoms with Crippen LogP contribution in [0.15, 0.2) is 81.7 Å². The van der Waals surface area contributed by atoms with E-state index in [0.717, 1.165) is 42.2 Å². The smallest absolute Gasteiger partial charge is 0.417 e. The maximum absolute atomic E-state index is 13.5. The molecule has 2 atom stereocenters. The van der Waals surface area contributed by atoms with E-state index in [4.69, 9.17) is 4.74 Å². The van der Waals surface area contributed by atoms with E-state index in [1.54, 1.807) is 0 Å². The van der Waals surface area contributed by atoms with Crippen molar-refractivity contribution in [2.45, 2.75) is 39.0 Å². The van der Waals surface area contributed by atoms with Crippen molar-refractivity contribution in [1.82, 2.24) is 9.47 Å². The van der Waals surface area contributed by atoms with Gasteiger partial charge in [-0.25, -0.2) is 9.69 Å². The van der Waals surface area contributed by atoms with Gasteiger partial charge in [0.2, 0.25) is 5.91 Å². The maximum atomic E-state index is 13.5. The number of halogens is 2. The van der Waals surface area contributed by atoms with Crippen LogP contribution in [0.2, 0.25) is 0 Å². The molecule has 0 aliphatic carbocycles. The first-order chi connectivity index (χ1) is 16.8. The van der Waals surface area contributed by atoms with Gasteiger partial charge in [-0.15, -0.1) is 0 Å². The topological polar surface area (TPSA) is 51.5 Å². The molecule has 7 heteroatoms. The van der Waals surface area contributed by atoms with Crippen molar-refractivity contribution < 1.29 is 14.3 Å². The summed E-state index contributed by atoms with van der Waals surface area (Å²) < 4.78 is 9.82. The Hall–Kier alpha value is -2.90. The molecular formula is C28H24Br2N2O3. The van der Waals surface area contributed by atoms with E-state index in [1.807, 2.05) is 68.4 Å². The Balaban J connectivity index is 1.47. The van der Waals surface area contributed by atoms with Gasteiger partial charge in [-0.2, -0.15) is 0 Å². The number of amides is 2. The summed E-state index contributed by atoms with van der Waals surface area (Å²) in [6.07, 6.45) is -0.942. The molecule has 3 aromatic carbocycles. The normalized spacial score (nSPS) is 17.7. The molecule has 5 nitrogen and oxygen atoms in total. The molecule has 0 unspecified atom stereocenters. The first kappa shape index (κ1) is 23.8. The maximum Gasteiger partial charge on any atom is 0.417 e. The average Bonchev–Trinajstić information content (AvgIpc) is 3.28. The number of hydrogen-bond acceptors (Lipinski definition) is 3. The lowest BCUT2D eigenvalue weighted by atomic mass is 10.0. The molecule has 4 aromatic rings. The Bertz CT molecular complexity index is 1410. The van der Waals surface area contributed by atoms with E-state index < -0.39 is 12.2 Å². The van der Waals surface area contributed by atoms with Crippen LogP contribution in [0.4, 0.5) is 4.79 Å². The number of imide groups is 1. The summed E-state index contributed by atoms with van der Waals surface area (Å²) in [5, 5.41) is 1.00. The SMILES string of the molecule is Cc1c(CC(=O)N2C(=O)O[C@H](c3ccccc3)[C@@H]2C)c2cc(Br)ccc2n1Cc1ccc(Br)cc1. The quantitative estimate of drug-likeness (QED) is 0.246. The number of rotatable bonds is 5. The predicted octanol–water partition coefficient (Wildman–Crippen LogP) is 7.17. The monoisotopic (exact) mass is 594 g/mol. The minimum Gasteiger partial charge on any atom is -0.439 e.